The van der Waals surface area contributed by atoms with Crippen LogP contribution in [0.3, 0.4) is 0 Å². The fourth-order valence-electron chi connectivity index (χ4n) is 5.95. The van der Waals surface area contributed by atoms with Crippen molar-refractivity contribution in [3.63, 3.8) is 0 Å². The molecular weight excluding hydrogens is 534 g/mol. The summed E-state index contributed by atoms with van der Waals surface area (Å²) in [6.45, 7) is 10.9. The number of nitrogens with one attached hydrogen (secondary N) is 3. The van der Waals surface area contributed by atoms with Crippen molar-refractivity contribution in [2.75, 3.05) is 26.2 Å². The van der Waals surface area contributed by atoms with Crippen molar-refractivity contribution in [2.24, 2.45) is 5.92 Å². The molecule has 41 heavy (non-hydrogen) atoms. The van der Waals surface area contributed by atoms with Gasteiger partial charge in [0.05, 0.1) is 15.2 Å². The SMILES string of the molecule is C=C(CN1CCCC1)C(=O)NCC(CC1CCCCC1)NC(=O)[C@H](Cc1nc2ccc(CC)cc2s1)NC(=O)CC. The molecule has 224 valence electrons. The second-order valence-corrected chi connectivity index (χ2v) is 12.8. The Balaban J connectivity index is 1.43. The smallest absolute Gasteiger partial charge is 0.247 e. The molecule has 1 aliphatic heterocycles. The first-order valence-electron chi connectivity index (χ1n) is 15.5. The van der Waals surface area contributed by atoms with E-state index in [0.717, 1.165) is 66.8 Å². The first-order chi connectivity index (χ1) is 19.8. The number of carbonyl (C=O) groups excluding carboxylic acids is 3. The largest absolute Gasteiger partial charge is 0.350 e. The molecule has 0 spiro atoms. The van der Waals surface area contributed by atoms with Gasteiger partial charge in [0.15, 0.2) is 0 Å². The van der Waals surface area contributed by atoms with Gasteiger partial charge in [-0.2, -0.15) is 0 Å². The molecule has 9 heteroatoms. The van der Waals surface area contributed by atoms with E-state index in [2.05, 4.69) is 46.5 Å². The van der Waals surface area contributed by atoms with E-state index >= 15 is 0 Å². The number of likely N-dealkylation sites (tertiary alicyclic amines) is 1. The topological polar surface area (TPSA) is 103 Å². The molecule has 1 saturated heterocycles. The van der Waals surface area contributed by atoms with E-state index in [1.165, 1.54) is 24.8 Å². The number of amides is 3. The van der Waals surface area contributed by atoms with Gasteiger partial charge in [-0.25, -0.2) is 4.98 Å². The number of aryl methyl sites for hydroxylation is 1. The van der Waals surface area contributed by atoms with Gasteiger partial charge in [0.25, 0.3) is 0 Å². The highest BCUT2D eigenvalue weighted by Gasteiger charge is 2.27. The molecule has 1 aromatic heterocycles. The van der Waals surface area contributed by atoms with Gasteiger partial charge in [-0.15, -0.1) is 11.3 Å². The Hall–Kier alpha value is -2.78. The van der Waals surface area contributed by atoms with Crippen LogP contribution >= 0.6 is 11.3 Å². The minimum atomic E-state index is -0.733. The summed E-state index contributed by atoms with van der Waals surface area (Å²) in [5, 5.41) is 9.99. The van der Waals surface area contributed by atoms with Gasteiger partial charge in [-0.05, 0) is 62.4 Å². The fourth-order valence-corrected chi connectivity index (χ4v) is 7.02. The molecule has 8 nitrogen and oxygen atoms in total. The number of fused-ring (bicyclic) bond motifs is 1. The number of carbonyl (C=O) groups is 3. The molecule has 2 heterocycles. The summed E-state index contributed by atoms with van der Waals surface area (Å²) in [7, 11) is 0. The van der Waals surface area contributed by atoms with Gasteiger partial charge < -0.3 is 16.0 Å². The molecule has 1 aromatic carbocycles. The predicted octanol–water partition coefficient (Wildman–Crippen LogP) is 4.52. The maximum Gasteiger partial charge on any atom is 0.247 e. The summed E-state index contributed by atoms with van der Waals surface area (Å²) in [6, 6.07) is 5.30. The molecule has 3 amide bonds. The van der Waals surface area contributed by atoms with Crippen molar-refractivity contribution in [3.05, 3.63) is 40.9 Å². The van der Waals surface area contributed by atoms with Gasteiger partial charge >= 0.3 is 0 Å². The van der Waals surface area contributed by atoms with Crippen molar-refractivity contribution < 1.29 is 14.4 Å². The number of hydrogen-bond acceptors (Lipinski definition) is 6. The lowest BCUT2D eigenvalue weighted by atomic mass is 9.84. The zero-order valence-corrected chi connectivity index (χ0v) is 25.6. The third-order valence-electron chi connectivity index (χ3n) is 8.39. The molecule has 3 N–H and O–H groups in total. The van der Waals surface area contributed by atoms with Crippen molar-refractivity contribution in [2.45, 2.75) is 96.6 Å². The third kappa shape index (κ3) is 9.36. The van der Waals surface area contributed by atoms with E-state index in [1.807, 2.05) is 6.07 Å². The minimum absolute atomic E-state index is 0.156. The molecule has 2 atom stereocenters. The second-order valence-electron chi connectivity index (χ2n) is 11.7. The summed E-state index contributed by atoms with van der Waals surface area (Å²) in [5.74, 6) is -0.0443. The number of rotatable bonds is 14. The molecular formula is C32H47N5O3S. The highest BCUT2D eigenvalue weighted by atomic mass is 32.1. The lowest BCUT2D eigenvalue weighted by molar-refractivity contribution is -0.129. The third-order valence-corrected chi connectivity index (χ3v) is 9.43. The van der Waals surface area contributed by atoms with Crippen LogP contribution in [0.4, 0.5) is 0 Å². The number of thiazole rings is 1. The van der Waals surface area contributed by atoms with Crippen LogP contribution in [-0.2, 0) is 27.2 Å². The van der Waals surface area contributed by atoms with E-state index in [9.17, 15) is 14.4 Å². The molecule has 2 aromatic rings. The Morgan fingerprint density at radius 2 is 1.83 bits per heavy atom. The van der Waals surface area contributed by atoms with Crippen LogP contribution in [0.5, 0.6) is 0 Å². The van der Waals surface area contributed by atoms with Crippen molar-refractivity contribution in [1.82, 2.24) is 25.8 Å². The quantitative estimate of drug-likeness (QED) is 0.285. The summed E-state index contributed by atoms with van der Waals surface area (Å²) in [6.07, 6.45) is 10.7. The highest BCUT2D eigenvalue weighted by Crippen LogP contribution is 2.28. The van der Waals surface area contributed by atoms with E-state index in [1.54, 1.807) is 18.3 Å². The zero-order chi connectivity index (χ0) is 29.2. The first kappa shape index (κ1) is 31.2. The summed E-state index contributed by atoms with van der Waals surface area (Å²) in [4.78, 5) is 46.0. The van der Waals surface area contributed by atoms with Gasteiger partial charge in [0.2, 0.25) is 17.7 Å². The molecule has 1 saturated carbocycles. The average molecular weight is 582 g/mol. The van der Waals surface area contributed by atoms with Crippen molar-refractivity contribution >= 4 is 39.3 Å². The maximum atomic E-state index is 13.7. The Kier molecular flexibility index (Phi) is 11.7. The van der Waals surface area contributed by atoms with Gasteiger partial charge in [-0.3, -0.25) is 19.3 Å². The standard InChI is InChI=1S/C32H47N5O3S/c1-4-23-13-14-26-28(18-23)41-30(36-26)19-27(35-29(38)5-2)32(40)34-25(17-24-11-7-6-8-12-24)20-33-31(39)22(3)21-37-15-9-10-16-37/h13-14,18,24-25,27H,3-12,15-17,19-21H2,1-2H3,(H,33,39)(H,34,40)(H,35,38)/t25?,27-/m0/s1. The number of aromatic nitrogens is 1. The molecule has 2 aliphatic rings. The Labute approximate surface area is 248 Å². The normalized spacial score (nSPS) is 17.7. The Bertz CT molecular complexity index is 1200. The zero-order valence-electron chi connectivity index (χ0n) is 24.8. The monoisotopic (exact) mass is 581 g/mol. The molecule has 0 bridgehead atoms. The van der Waals surface area contributed by atoms with E-state index in [-0.39, 0.29) is 23.8 Å². The lowest BCUT2D eigenvalue weighted by Gasteiger charge is -2.29. The molecule has 2 fully saturated rings. The van der Waals surface area contributed by atoms with Crippen molar-refractivity contribution in [3.8, 4) is 0 Å². The second kappa shape index (κ2) is 15.4. The van der Waals surface area contributed by atoms with Crippen LogP contribution in [0.2, 0.25) is 0 Å². The molecule has 4 rings (SSSR count). The summed E-state index contributed by atoms with van der Waals surface area (Å²) < 4.78 is 1.09. The minimum Gasteiger partial charge on any atom is -0.350 e. The number of hydrogen-bond donors (Lipinski definition) is 3. The van der Waals surface area contributed by atoms with Crippen LogP contribution in [0.25, 0.3) is 10.2 Å². The molecule has 1 aliphatic carbocycles. The summed E-state index contributed by atoms with van der Waals surface area (Å²) >= 11 is 1.57. The van der Waals surface area contributed by atoms with E-state index in [0.29, 0.717) is 37.4 Å². The van der Waals surface area contributed by atoms with Gasteiger partial charge in [0.1, 0.15) is 6.04 Å². The summed E-state index contributed by atoms with van der Waals surface area (Å²) in [5.41, 5.74) is 2.72. The number of benzene rings is 1. The van der Waals surface area contributed by atoms with Gasteiger partial charge in [-0.1, -0.05) is 58.6 Å². The number of nitrogens with zero attached hydrogens (tertiary/aromatic N) is 2. The first-order valence-corrected chi connectivity index (χ1v) is 16.3. The maximum absolute atomic E-state index is 13.7. The van der Waals surface area contributed by atoms with E-state index in [4.69, 9.17) is 4.98 Å². The Morgan fingerprint density at radius 1 is 1.07 bits per heavy atom. The Morgan fingerprint density at radius 3 is 2.54 bits per heavy atom. The van der Waals surface area contributed by atoms with Crippen LogP contribution in [0, 0.1) is 5.92 Å². The fraction of sp³-hybridized carbons (Fsp3) is 0.625. The van der Waals surface area contributed by atoms with Crippen LogP contribution in [0.1, 0.15) is 82.2 Å². The van der Waals surface area contributed by atoms with Crippen LogP contribution in [0.15, 0.2) is 30.4 Å². The van der Waals surface area contributed by atoms with Crippen LogP contribution < -0.4 is 16.0 Å². The molecule has 0 radical (unpaired) electrons. The average Bonchev–Trinajstić information content (AvgIpc) is 3.64. The lowest BCUT2D eigenvalue weighted by Crippen LogP contribution is -2.53. The predicted molar refractivity (Wildman–Crippen MR) is 166 cm³/mol. The van der Waals surface area contributed by atoms with E-state index < -0.39 is 6.04 Å². The van der Waals surface area contributed by atoms with Crippen molar-refractivity contribution in [1.29, 1.82) is 0 Å². The molecule has 1 unspecified atom stereocenters. The van der Waals surface area contributed by atoms with Crippen LogP contribution in [-0.4, -0.2) is 65.9 Å². The van der Waals surface area contributed by atoms with Gasteiger partial charge in [0, 0.05) is 37.5 Å². The highest BCUT2D eigenvalue weighted by molar-refractivity contribution is 7.18.